The lowest BCUT2D eigenvalue weighted by Gasteiger charge is -2.26. The zero-order valence-electron chi connectivity index (χ0n) is 12.2. The molecular formula is C13H25N3O2. The van der Waals surface area contributed by atoms with Crippen molar-refractivity contribution in [2.24, 2.45) is 17.1 Å². The average Bonchev–Trinajstić information content (AvgIpc) is 2.64. The van der Waals surface area contributed by atoms with Gasteiger partial charge in [0.2, 0.25) is 11.7 Å². The molecule has 2 N–H and O–H groups in total. The summed E-state index contributed by atoms with van der Waals surface area (Å²) in [5.41, 5.74) is 5.92. The van der Waals surface area contributed by atoms with Crippen molar-refractivity contribution in [2.75, 3.05) is 7.11 Å². The topological polar surface area (TPSA) is 74.2 Å². The molecule has 0 spiro atoms. The van der Waals surface area contributed by atoms with Crippen molar-refractivity contribution in [3.63, 3.8) is 0 Å². The predicted molar refractivity (Wildman–Crippen MR) is 70.0 cm³/mol. The first kappa shape index (κ1) is 15.1. The monoisotopic (exact) mass is 255 g/mol. The molecule has 0 fully saturated rings. The molecule has 2 unspecified atom stereocenters. The molecule has 0 aliphatic rings. The molecule has 0 saturated heterocycles. The summed E-state index contributed by atoms with van der Waals surface area (Å²) in [5.74, 6) is 1.56. The lowest BCUT2D eigenvalue weighted by atomic mass is 9.88. The van der Waals surface area contributed by atoms with Crippen molar-refractivity contribution in [2.45, 2.75) is 53.2 Å². The molecule has 0 saturated carbocycles. The van der Waals surface area contributed by atoms with Crippen LogP contribution in [0.15, 0.2) is 4.52 Å². The number of aromatic nitrogens is 2. The molecule has 104 valence electrons. The lowest BCUT2D eigenvalue weighted by Crippen LogP contribution is -2.29. The molecule has 1 rings (SSSR count). The summed E-state index contributed by atoms with van der Waals surface area (Å²) < 4.78 is 10.7. The van der Waals surface area contributed by atoms with Crippen LogP contribution in [0.25, 0.3) is 0 Å². The van der Waals surface area contributed by atoms with E-state index in [4.69, 9.17) is 15.0 Å². The van der Waals surface area contributed by atoms with Gasteiger partial charge in [-0.2, -0.15) is 4.98 Å². The third-order valence-corrected chi connectivity index (χ3v) is 3.01. The van der Waals surface area contributed by atoms with E-state index < -0.39 is 0 Å². The Labute approximate surface area is 109 Å². The van der Waals surface area contributed by atoms with Crippen LogP contribution in [0.2, 0.25) is 0 Å². The Morgan fingerprint density at radius 1 is 1.33 bits per heavy atom. The molecule has 0 aromatic carbocycles. The Morgan fingerprint density at radius 3 is 2.39 bits per heavy atom. The Morgan fingerprint density at radius 2 is 1.94 bits per heavy atom. The van der Waals surface area contributed by atoms with Gasteiger partial charge in [-0.15, -0.1) is 0 Å². The van der Waals surface area contributed by atoms with Gasteiger partial charge in [-0.1, -0.05) is 39.8 Å². The maximum Gasteiger partial charge on any atom is 0.228 e. The minimum absolute atomic E-state index is 0.0360. The molecule has 0 aliphatic carbocycles. The highest BCUT2D eigenvalue weighted by Crippen LogP contribution is 2.33. The number of nitrogens with two attached hydrogens (primary N) is 1. The van der Waals surface area contributed by atoms with Gasteiger partial charge in [0.1, 0.15) is 6.10 Å². The van der Waals surface area contributed by atoms with Gasteiger partial charge in [-0.05, 0) is 11.3 Å². The Bertz CT molecular complexity index is 369. The molecule has 0 bridgehead atoms. The van der Waals surface area contributed by atoms with E-state index in [-0.39, 0.29) is 17.6 Å². The quantitative estimate of drug-likeness (QED) is 0.874. The second kappa shape index (κ2) is 5.80. The predicted octanol–water partition coefficient (Wildman–Crippen LogP) is 2.33. The summed E-state index contributed by atoms with van der Waals surface area (Å²) in [6.07, 6.45) is 0.427. The van der Waals surface area contributed by atoms with Gasteiger partial charge in [0.15, 0.2) is 0 Å². The van der Waals surface area contributed by atoms with Gasteiger partial charge in [0.25, 0.3) is 0 Å². The first-order valence-corrected chi connectivity index (χ1v) is 6.36. The fourth-order valence-electron chi connectivity index (χ4n) is 1.74. The second-order valence-corrected chi connectivity index (χ2v) is 6.14. The average molecular weight is 255 g/mol. The van der Waals surface area contributed by atoms with Crippen LogP contribution in [-0.2, 0) is 11.2 Å². The van der Waals surface area contributed by atoms with Gasteiger partial charge >= 0.3 is 0 Å². The van der Waals surface area contributed by atoms with E-state index in [1.54, 1.807) is 7.11 Å². The van der Waals surface area contributed by atoms with Gasteiger partial charge in [0.05, 0.1) is 0 Å². The zero-order valence-corrected chi connectivity index (χ0v) is 12.2. The van der Waals surface area contributed by atoms with E-state index in [0.29, 0.717) is 24.1 Å². The normalized spacial score (nSPS) is 16.0. The first-order chi connectivity index (χ1) is 8.25. The van der Waals surface area contributed by atoms with Crippen molar-refractivity contribution in [3.8, 4) is 0 Å². The third-order valence-electron chi connectivity index (χ3n) is 3.01. The number of ether oxygens (including phenoxy) is 1. The highest BCUT2D eigenvalue weighted by Gasteiger charge is 2.30. The summed E-state index contributed by atoms with van der Waals surface area (Å²) in [7, 11) is 1.66. The smallest absolute Gasteiger partial charge is 0.228 e. The number of rotatable bonds is 5. The number of hydrogen-bond donors (Lipinski definition) is 1. The van der Waals surface area contributed by atoms with Crippen molar-refractivity contribution in [3.05, 3.63) is 11.7 Å². The Kier molecular flexibility index (Phi) is 4.87. The van der Waals surface area contributed by atoms with Gasteiger partial charge < -0.3 is 15.0 Å². The van der Waals surface area contributed by atoms with Crippen LogP contribution >= 0.6 is 0 Å². The minimum Gasteiger partial charge on any atom is -0.373 e. The molecule has 1 aromatic rings. The zero-order chi connectivity index (χ0) is 13.9. The van der Waals surface area contributed by atoms with Crippen molar-refractivity contribution >= 4 is 0 Å². The molecule has 0 aliphatic heterocycles. The van der Waals surface area contributed by atoms with E-state index in [1.165, 1.54) is 0 Å². The van der Waals surface area contributed by atoms with E-state index in [0.717, 1.165) is 0 Å². The minimum atomic E-state index is -0.176. The number of nitrogens with zero attached hydrogens (tertiary/aromatic N) is 2. The van der Waals surface area contributed by atoms with Crippen molar-refractivity contribution < 1.29 is 9.26 Å². The second-order valence-electron chi connectivity index (χ2n) is 6.14. The molecule has 0 radical (unpaired) electrons. The van der Waals surface area contributed by atoms with Crippen molar-refractivity contribution in [1.82, 2.24) is 10.1 Å². The summed E-state index contributed by atoms with van der Waals surface area (Å²) >= 11 is 0. The van der Waals surface area contributed by atoms with E-state index >= 15 is 0 Å². The summed E-state index contributed by atoms with van der Waals surface area (Å²) in [5, 5.41) is 4.00. The van der Waals surface area contributed by atoms with Gasteiger partial charge in [0, 0.05) is 19.6 Å². The summed E-state index contributed by atoms with van der Waals surface area (Å²) in [6, 6.07) is 0.0360. The van der Waals surface area contributed by atoms with Crippen molar-refractivity contribution in [1.29, 1.82) is 0 Å². The first-order valence-electron chi connectivity index (χ1n) is 6.36. The van der Waals surface area contributed by atoms with Crippen LogP contribution in [0, 0.1) is 11.3 Å². The molecule has 2 atom stereocenters. The highest BCUT2D eigenvalue weighted by atomic mass is 16.5. The van der Waals surface area contributed by atoms with Crippen LogP contribution in [-0.4, -0.2) is 23.3 Å². The Hall–Kier alpha value is -0.940. The molecule has 0 amide bonds. The van der Waals surface area contributed by atoms with Crippen LogP contribution in [0.4, 0.5) is 0 Å². The molecular weight excluding hydrogens is 230 g/mol. The lowest BCUT2D eigenvalue weighted by molar-refractivity contribution is 0.00718. The maximum absolute atomic E-state index is 5.99. The van der Waals surface area contributed by atoms with E-state index in [1.807, 2.05) is 0 Å². The third kappa shape index (κ3) is 3.78. The molecule has 1 aromatic heterocycles. The summed E-state index contributed by atoms with van der Waals surface area (Å²) in [4.78, 5) is 4.39. The fraction of sp³-hybridized carbons (Fsp3) is 0.846. The van der Waals surface area contributed by atoms with E-state index in [9.17, 15) is 0 Å². The standard InChI is InChI=1S/C13H25N3O2/c1-8(2)9(14)7-10-15-12(16-18-10)11(17-6)13(3,4)5/h8-9,11H,7,14H2,1-6H3. The SMILES string of the molecule is COC(c1noc(CC(N)C(C)C)n1)C(C)(C)C. The molecule has 18 heavy (non-hydrogen) atoms. The number of methoxy groups -OCH3 is 1. The maximum atomic E-state index is 5.99. The fourth-order valence-corrected chi connectivity index (χ4v) is 1.74. The van der Waals surface area contributed by atoms with Crippen LogP contribution < -0.4 is 5.73 Å². The van der Waals surface area contributed by atoms with Crippen LogP contribution in [0.1, 0.15) is 52.4 Å². The summed E-state index contributed by atoms with van der Waals surface area (Å²) in [6.45, 7) is 10.4. The van der Waals surface area contributed by atoms with Crippen LogP contribution in [0.5, 0.6) is 0 Å². The van der Waals surface area contributed by atoms with Crippen LogP contribution in [0.3, 0.4) is 0 Å². The largest absolute Gasteiger partial charge is 0.373 e. The van der Waals surface area contributed by atoms with Gasteiger partial charge in [-0.25, -0.2) is 0 Å². The van der Waals surface area contributed by atoms with E-state index in [2.05, 4.69) is 44.8 Å². The Balaban J connectivity index is 2.79. The highest BCUT2D eigenvalue weighted by molar-refractivity contribution is 4.97. The number of hydrogen-bond acceptors (Lipinski definition) is 5. The molecule has 5 heteroatoms. The molecule has 1 heterocycles. The molecule has 5 nitrogen and oxygen atoms in total. The van der Waals surface area contributed by atoms with Gasteiger partial charge in [-0.3, -0.25) is 0 Å².